The summed E-state index contributed by atoms with van der Waals surface area (Å²) in [6.45, 7) is 11.6. The Balaban J connectivity index is 1.62. The van der Waals surface area contributed by atoms with Gasteiger partial charge in [-0.2, -0.15) is 0 Å². The SMILES string of the molecule is CC[C@@H]1[C@@H]([C@@]2(C)CC[C@H](C)C[C@@H]2CO)CC[C@@]2(C)[C@H]1CCC21OCCO1. The lowest BCUT2D eigenvalue weighted by atomic mass is 9.48. The van der Waals surface area contributed by atoms with Gasteiger partial charge in [0.25, 0.3) is 0 Å². The van der Waals surface area contributed by atoms with Crippen LogP contribution in [0.5, 0.6) is 0 Å². The van der Waals surface area contributed by atoms with Crippen LogP contribution in [0.25, 0.3) is 0 Å². The first-order chi connectivity index (χ1) is 12.4. The smallest absolute Gasteiger partial charge is 0.174 e. The van der Waals surface area contributed by atoms with Crippen LogP contribution in [-0.2, 0) is 9.47 Å². The molecule has 1 saturated heterocycles. The molecule has 3 saturated carbocycles. The second-order valence-corrected chi connectivity index (χ2v) is 10.5. The first-order valence-electron chi connectivity index (χ1n) is 11.3. The Bertz CT molecular complexity index is 514. The summed E-state index contributed by atoms with van der Waals surface area (Å²) in [5, 5.41) is 10.2. The van der Waals surface area contributed by atoms with Gasteiger partial charge in [-0.25, -0.2) is 0 Å². The number of rotatable bonds is 3. The topological polar surface area (TPSA) is 38.7 Å². The van der Waals surface area contributed by atoms with Gasteiger partial charge in [-0.3, -0.25) is 0 Å². The molecule has 0 aromatic carbocycles. The zero-order valence-electron chi connectivity index (χ0n) is 17.4. The van der Waals surface area contributed by atoms with Crippen LogP contribution in [0.15, 0.2) is 0 Å². The highest BCUT2D eigenvalue weighted by Crippen LogP contribution is 2.67. The molecule has 1 aliphatic heterocycles. The molecule has 4 rings (SSSR count). The second-order valence-electron chi connectivity index (χ2n) is 10.5. The third kappa shape index (κ3) is 2.56. The number of hydrogen-bond acceptors (Lipinski definition) is 3. The van der Waals surface area contributed by atoms with Gasteiger partial charge < -0.3 is 14.6 Å². The van der Waals surface area contributed by atoms with E-state index in [1.807, 2.05) is 0 Å². The molecule has 4 aliphatic rings. The van der Waals surface area contributed by atoms with Crippen molar-refractivity contribution in [3.05, 3.63) is 0 Å². The molecule has 1 heterocycles. The van der Waals surface area contributed by atoms with Crippen LogP contribution in [0.1, 0.15) is 79.1 Å². The lowest BCUT2D eigenvalue weighted by Crippen LogP contribution is -2.55. The number of hydrogen-bond donors (Lipinski definition) is 1. The number of ether oxygens (including phenoxy) is 2. The van der Waals surface area contributed by atoms with Crippen LogP contribution in [0.4, 0.5) is 0 Å². The maximum atomic E-state index is 10.2. The van der Waals surface area contributed by atoms with Gasteiger partial charge in [-0.1, -0.05) is 40.5 Å². The number of fused-ring (bicyclic) bond motifs is 2. The van der Waals surface area contributed by atoms with Gasteiger partial charge in [0.15, 0.2) is 5.79 Å². The van der Waals surface area contributed by atoms with E-state index in [9.17, 15) is 5.11 Å². The largest absolute Gasteiger partial charge is 0.396 e. The van der Waals surface area contributed by atoms with Gasteiger partial charge in [-0.15, -0.1) is 0 Å². The van der Waals surface area contributed by atoms with Crippen molar-refractivity contribution in [2.75, 3.05) is 19.8 Å². The molecule has 4 fully saturated rings. The van der Waals surface area contributed by atoms with Gasteiger partial charge >= 0.3 is 0 Å². The highest BCUT2D eigenvalue weighted by Gasteiger charge is 2.66. The van der Waals surface area contributed by atoms with E-state index in [-0.39, 0.29) is 11.2 Å². The van der Waals surface area contributed by atoms with Crippen LogP contribution >= 0.6 is 0 Å². The lowest BCUT2D eigenvalue weighted by molar-refractivity contribution is -0.244. The molecule has 1 spiro atoms. The Labute approximate surface area is 160 Å². The molecule has 7 atom stereocenters. The summed E-state index contributed by atoms with van der Waals surface area (Å²) < 4.78 is 12.5. The molecule has 0 unspecified atom stereocenters. The average molecular weight is 365 g/mol. The highest BCUT2D eigenvalue weighted by molar-refractivity contribution is 5.11. The molecule has 0 aromatic heterocycles. The lowest BCUT2D eigenvalue weighted by Gasteiger charge is -2.58. The van der Waals surface area contributed by atoms with Crippen LogP contribution in [0, 0.1) is 40.4 Å². The second kappa shape index (κ2) is 6.74. The summed E-state index contributed by atoms with van der Waals surface area (Å²) in [4.78, 5) is 0. The van der Waals surface area contributed by atoms with Crippen molar-refractivity contribution in [2.24, 2.45) is 40.4 Å². The van der Waals surface area contributed by atoms with E-state index in [0.29, 0.717) is 23.9 Å². The first kappa shape index (κ1) is 19.2. The summed E-state index contributed by atoms with van der Waals surface area (Å²) in [5.41, 5.74) is 0.476. The van der Waals surface area contributed by atoms with E-state index < -0.39 is 0 Å². The Morgan fingerprint density at radius 2 is 1.65 bits per heavy atom. The monoisotopic (exact) mass is 364 g/mol. The predicted octanol–water partition coefficient (Wildman–Crippen LogP) is 5.02. The van der Waals surface area contributed by atoms with Crippen LogP contribution in [0.2, 0.25) is 0 Å². The maximum absolute atomic E-state index is 10.2. The molecular formula is C23H40O3. The molecule has 3 nitrogen and oxygen atoms in total. The molecule has 0 bridgehead atoms. The fourth-order valence-corrected chi connectivity index (χ4v) is 7.97. The molecule has 3 aliphatic carbocycles. The molecule has 150 valence electrons. The van der Waals surface area contributed by atoms with Crippen LogP contribution in [0.3, 0.4) is 0 Å². The number of aliphatic hydroxyl groups is 1. The Morgan fingerprint density at radius 1 is 0.962 bits per heavy atom. The molecule has 0 aromatic rings. The van der Waals surface area contributed by atoms with Gasteiger partial charge in [0.1, 0.15) is 0 Å². The summed E-state index contributed by atoms with van der Waals surface area (Å²) in [5.74, 6) is 3.14. The summed E-state index contributed by atoms with van der Waals surface area (Å²) in [6, 6.07) is 0. The van der Waals surface area contributed by atoms with E-state index in [1.54, 1.807) is 0 Å². The van der Waals surface area contributed by atoms with Gasteiger partial charge in [-0.05, 0) is 67.1 Å². The average Bonchev–Trinajstić information content (AvgIpc) is 3.23. The zero-order chi connectivity index (χ0) is 18.6. The van der Waals surface area contributed by atoms with Crippen molar-refractivity contribution < 1.29 is 14.6 Å². The van der Waals surface area contributed by atoms with E-state index in [4.69, 9.17) is 9.47 Å². The van der Waals surface area contributed by atoms with Crippen molar-refractivity contribution in [3.63, 3.8) is 0 Å². The van der Waals surface area contributed by atoms with Crippen molar-refractivity contribution >= 4 is 0 Å². The Morgan fingerprint density at radius 3 is 2.31 bits per heavy atom. The van der Waals surface area contributed by atoms with Gasteiger partial charge in [0, 0.05) is 18.4 Å². The Kier molecular flexibility index (Phi) is 4.98. The molecular weight excluding hydrogens is 324 g/mol. The minimum absolute atomic E-state index is 0.174. The molecule has 3 heteroatoms. The van der Waals surface area contributed by atoms with Crippen molar-refractivity contribution in [1.29, 1.82) is 0 Å². The summed E-state index contributed by atoms with van der Waals surface area (Å²) >= 11 is 0. The van der Waals surface area contributed by atoms with Gasteiger partial charge in [0.2, 0.25) is 0 Å². The normalized spacial score (nSPS) is 50.9. The quantitative estimate of drug-likeness (QED) is 0.764. The molecule has 1 N–H and O–H groups in total. The fraction of sp³-hybridized carbons (Fsp3) is 1.00. The third-order valence-electron chi connectivity index (χ3n) is 9.57. The standard InChI is InChI=1S/C23H40O3/c1-5-18-19(21(3)9-6-16(2)14-17(21)15-24)7-10-22(4)20(18)8-11-23(22)25-12-13-26-23/h16-20,24H,5-15H2,1-4H3/t16-,17+,18+,19-,20-,21-,22-/m0/s1. The Hall–Kier alpha value is -0.120. The molecule has 0 amide bonds. The van der Waals surface area contributed by atoms with E-state index >= 15 is 0 Å². The van der Waals surface area contributed by atoms with E-state index in [1.165, 1.54) is 44.9 Å². The van der Waals surface area contributed by atoms with E-state index in [2.05, 4.69) is 27.7 Å². The minimum atomic E-state index is -0.297. The zero-order valence-corrected chi connectivity index (χ0v) is 17.4. The predicted molar refractivity (Wildman–Crippen MR) is 104 cm³/mol. The van der Waals surface area contributed by atoms with Crippen molar-refractivity contribution in [2.45, 2.75) is 84.8 Å². The highest BCUT2D eigenvalue weighted by atomic mass is 16.7. The number of aliphatic hydroxyl groups excluding tert-OH is 1. The van der Waals surface area contributed by atoms with Crippen LogP contribution < -0.4 is 0 Å². The van der Waals surface area contributed by atoms with Crippen molar-refractivity contribution in [3.8, 4) is 0 Å². The maximum Gasteiger partial charge on any atom is 0.174 e. The molecule has 0 radical (unpaired) electrons. The summed E-state index contributed by atoms with van der Waals surface area (Å²) in [6.07, 6.45) is 9.92. The van der Waals surface area contributed by atoms with Crippen molar-refractivity contribution in [1.82, 2.24) is 0 Å². The minimum Gasteiger partial charge on any atom is -0.396 e. The van der Waals surface area contributed by atoms with Gasteiger partial charge in [0.05, 0.1) is 13.2 Å². The molecule has 26 heavy (non-hydrogen) atoms. The third-order valence-corrected chi connectivity index (χ3v) is 9.57. The summed E-state index contributed by atoms with van der Waals surface area (Å²) in [7, 11) is 0. The van der Waals surface area contributed by atoms with Crippen LogP contribution in [-0.4, -0.2) is 30.7 Å². The first-order valence-corrected chi connectivity index (χ1v) is 11.3. The van der Waals surface area contributed by atoms with E-state index in [0.717, 1.165) is 37.4 Å². The fourth-order valence-electron chi connectivity index (χ4n) is 7.97.